The SMILES string of the molecule is NC1(C(F)(F)F)CCCS(=O)(=O)C1. The lowest BCUT2D eigenvalue weighted by Crippen LogP contribution is -2.60. The number of sulfone groups is 1. The van der Waals surface area contributed by atoms with Crippen molar-refractivity contribution in [2.75, 3.05) is 11.5 Å². The van der Waals surface area contributed by atoms with Gasteiger partial charge in [-0.05, 0) is 12.8 Å². The third-order valence-electron chi connectivity index (χ3n) is 2.12. The molecular formula is C6H10F3NO2S. The summed E-state index contributed by atoms with van der Waals surface area (Å²) >= 11 is 0. The lowest BCUT2D eigenvalue weighted by Gasteiger charge is -2.34. The molecule has 1 atom stereocenters. The van der Waals surface area contributed by atoms with Crippen LogP contribution in [-0.2, 0) is 9.84 Å². The van der Waals surface area contributed by atoms with Crippen LogP contribution in [0, 0.1) is 0 Å². The van der Waals surface area contributed by atoms with Gasteiger partial charge in [-0.2, -0.15) is 13.2 Å². The van der Waals surface area contributed by atoms with Gasteiger partial charge in [0.2, 0.25) is 0 Å². The quantitative estimate of drug-likeness (QED) is 0.641. The Morgan fingerprint density at radius 2 is 1.85 bits per heavy atom. The van der Waals surface area contributed by atoms with Crippen LogP contribution in [0.3, 0.4) is 0 Å². The molecule has 0 bridgehead atoms. The van der Waals surface area contributed by atoms with Crippen molar-refractivity contribution in [2.45, 2.75) is 24.6 Å². The maximum atomic E-state index is 12.3. The first kappa shape index (κ1) is 10.8. The summed E-state index contributed by atoms with van der Waals surface area (Å²) in [6, 6.07) is 0. The highest BCUT2D eigenvalue weighted by Crippen LogP contribution is 2.35. The highest BCUT2D eigenvalue weighted by Gasteiger charge is 2.55. The van der Waals surface area contributed by atoms with E-state index < -0.39 is 27.3 Å². The van der Waals surface area contributed by atoms with Crippen molar-refractivity contribution >= 4 is 9.84 Å². The molecule has 1 rings (SSSR count). The average molecular weight is 217 g/mol. The minimum Gasteiger partial charge on any atom is -0.317 e. The second-order valence-electron chi connectivity index (χ2n) is 3.35. The van der Waals surface area contributed by atoms with E-state index in [4.69, 9.17) is 5.73 Å². The van der Waals surface area contributed by atoms with Crippen LogP contribution in [-0.4, -0.2) is 31.6 Å². The summed E-state index contributed by atoms with van der Waals surface area (Å²) in [5, 5.41) is 0. The standard InChI is InChI=1S/C6H10F3NO2S/c7-6(8,9)5(10)2-1-3-13(11,12)4-5/h1-4,10H2. The highest BCUT2D eigenvalue weighted by molar-refractivity contribution is 7.91. The van der Waals surface area contributed by atoms with Gasteiger partial charge in [-0.3, -0.25) is 0 Å². The normalized spacial score (nSPS) is 34.5. The van der Waals surface area contributed by atoms with Crippen LogP contribution in [0.15, 0.2) is 0 Å². The molecule has 1 aliphatic rings. The van der Waals surface area contributed by atoms with Crippen molar-refractivity contribution in [3.63, 3.8) is 0 Å². The van der Waals surface area contributed by atoms with Gasteiger partial charge in [-0.15, -0.1) is 0 Å². The molecule has 7 heteroatoms. The molecule has 0 spiro atoms. The summed E-state index contributed by atoms with van der Waals surface area (Å²) in [4.78, 5) is 0. The Hall–Kier alpha value is -0.300. The monoisotopic (exact) mass is 217 g/mol. The summed E-state index contributed by atoms with van der Waals surface area (Å²) in [7, 11) is -3.62. The van der Waals surface area contributed by atoms with E-state index in [0.717, 1.165) is 0 Å². The Bertz CT molecular complexity index is 297. The number of alkyl halides is 3. The van der Waals surface area contributed by atoms with Crippen molar-refractivity contribution in [3.8, 4) is 0 Å². The van der Waals surface area contributed by atoms with Crippen molar-refractivity contribution in [1.29, 1.82) is 0 Å². The maximum Gasteiger partial charge on any atom is 0.407 e. The van der Waals surface area contributed by atoms with E-state index >= 15 is 0 Å². The first-order valence-corrected chi connectivity index (χ1v) is 5.54. The number of halogens is 3. The summed E-state index contributed by atoms with van der Waals surface area (Å²) < 4.78 is 58.7. The van der Waals surface area contributed by atoms with Gasteiger partial charge in [0.25, 0.3) is 0 Å². The number of hydrogen-bond donors (Lipinski definition) is 1. The minimum atomic E-state index is -4.64. The molecule has 0 aromatic heterocycles. The fraction of sp³-hybridized carbons (Fsp3) is 1.00. The molecule has 1 heterocycles. The summed E-state index contributed by atoms with van der Waals surface area (Å²) in [5.41, 5.74) is 2.47. The molecule has 0 saturated carbocycles. The molecule has 1 fully saturated rings. The molecule has 0 aliphatic carbocycles. The Morgan fingerprint density at radius 1 is 1.31 bits per heavy atom. The second kappa shape index (κ2) is 2.84. The molecule has 0 radical (unpaired) electrons. The molecule has 2 N–H and O–H groups in total. The summed E-state index contributed by atoms with van der Waals surface area (Å²) in [6.45, 7) is 0. The third-order valence-corrected chi connectivity index (χ3v) is 3.99. The Kier molecular flexibility index (Phi) is 2.36. The summed E-state index contributed by atoms with van der Waals surface area (Å²) in [6.07, 6.45) is -4.96. The zero-order valence-electron chi connectivity index (χ0n) is 6.76. The molecule has 13 heavy (non-hydrogen) atoms. The lowest BCUT2D eigenvalue weighted by molar-refractivity contribution is -0.182. The molecule has 0 amide bonds. The van der Waals surface area contributed by atoms with Gasteiger partial charge in [-0.1, -0.05) is 0 Å². The minimum absolute atomic E-state index is 0.0155. The topological polar surface area (TPSA) is 60.2 Å². The van der Waals surface area contributed by atoms with Gasteiger partial charge in [-0.25, -0.2) is 8.42 Å². The van der Waals surface area contributed by atoms with E-state index in [1.165, 1.54) is 0 Å². The molecule has 1 saturated heterocycles. The van der Waals surface area contributed by atoms with Crippen molar-refractivity contribution in [1.82, 2.24) is 0 Å². The first-order chi connectivity index (χ1) is 5.66. The van der Waals surface area contributed by atoms with E-state index in [1.807, 2.05) is 0 Å². The van der Waals surface area contributed by atoms with Crippen LogP contribution in [0.2, 0.25) is 0 Å². The van der Waals surface area contributed by atoms with E-state index in [2.05, 4.69) is 0 Å². The predicted octanol–water partition coefficient (Wildman–Crippen LogP) is 0.455. The van der Waals surface area contributed by atoms with Gasteiger partial charge >= 0.3 is 6.18 Å². The van der Waals surface area contributed by atoms with E-state index in [1.54, 1.807) is 0 Å². The van der Waals surface area contributed by atoms with Gasteiger partial charge in [0.05, 0.1) is 11.5 Å². The number of nitrogens with two attached hydrogens (primary N) is 1. The van der Waals surface area contributed by atoms with Crippen molar-refractivity contribution in [3.05, 3.63) is 0 Å². The van der Waals surface area contributed by atoms with E-state index in [-0.39, 0.29) is 18.6 Å². The molecule has 1 aliphatic heterocycles. The Morgan fingerprint density at radius 3 is 2.15 bits per heavy atom. The van der Waals surface area contributed by atoms with Crippen LogP contribution < -0.4 is 5.73 Å². The van der Waals surface area contributed by atoms with Crippen LogP contribution in [0.25, 0.3) is 0 Å². The number of rotatable bonds is 0. The largest absolute Gasteiger partial charge is 0.407 e. The fourth-order valence-corrected chi connectivity index (χ4v) is 3.19. The van der Waals surface area contributed by atoms with Gasteiger partial charge in [0.15, 0.2) is 9.84 Å². The van der Waals surface area contributed by atoms with Crippen LogP contribution in [0.1, 0.15) is 12.8 Å². The van der Waals surface area contributed by atoms with E-state index in [0.29, 0.717) is 0 Å². The van der Waals surface area contributed by atoms with Gasteiger partial charge in [0.1, 0.15) is 5.54 Å². The molecule has 0 aromatic rings. The fourth-order valence-electron chi connectivity index (χ4n) is 1.37. The predicted molar refractivity (Wildman–Crippen MR) is 40.9 cm³/mol. The van der Waals surface area contributed by atoms with Crippen LogP contribution >= 0.6 is 0 Å². The highest BCUT2D eigenvalue weighted by atomic mass is 32.2. The Balaban J connectivity index is 2.94. The smallest absolute Gasteiger partial charge is 0.317 e. The summed E-state index contributed by atoms with van der Waals surface area (Å²) in [5.74, 6) is -1.18. The number of hydrogen-bond acceptors (Lipinski definition) is 3. The van der Waals surface area contributed by atoms with Gasteiger partial charge < -0.3 is 5.73 Å². The molecule has 3 nitrogen and oxygen atoms in total. The lowest BCUT2D eigenvalue weighted by atomic mass is 9.96. The van der Waals surface area contributed by atoms with Gasteiger partial charge in [0, 0.05) is 0 Å². The van der Waals surface area contributed by atoms with Crippen molar-refractivity contribution in [2.24, 2.45) is 5.73 Å². The van der Waals surface area contributed by atoms with E-state index in [9.17, 15) is 21.6 Å². The molecule has 0 aromatic carbocycles. The van der Waals surface area contributed by atoms with Crippen molar-refractivity contribution < 1.29 is 21.6 Å². The van der Waals surface area contributed by atoms with Crippen LogP contribution in [0.4, 0.5) is 13.2 Å². The molecule has 1 unspecified atom stereocenters. The Labute approximate surface area is 74.0 Å². The van der Waals surface area contributed by atoms with Crippen LogP contribution in [0.5, 0.6) is 0 Å². The molecule has 78 valence electrons. The third kappa shape index (κ3) is 2.14. The molecular weight excluding hydrogens is 207 g/mol. The average Bonchev–Trinajstić information content (AvgIpc) is 1.80. The second-order valence-corrected chi connectivity index (χ2v) is 5.53. The first-order valence-electron chi connectivity index (χ1n) is 3.72. The zero-order chi connectivity index (χ0) is 10.3. The zero-order valence-corrected chi connectivity index (χ0v) is 7.58. The maximum absolute atomic E-state index is 12.3.